The van der Waals surface area contributed by atoms with Crippen molar-refractivity contribution in [3.05, 3.63) is 24.0 Å². The van der Waals surface area contributed by atoms with Crippen LogP contribution in [0.15, 0.2) is 18.5 Å². The van der Waals surface area contributed by atoms with Crippen LogP contribution in [0.3, 0.4) is 0 Å². The van der Waals surface area contributed by atoms with E-state index in [0.29, 0.717) is 12.2 Å². The van der Waals surface area contributed by atoms with Gasteiger partial charge in [0.25, 0.3) is 0 Å². The molecule has 0 aliphatic rings. The normalized spacial score (nSPS) is 10.2. The molecule has 3 N–H and O–H groups in total. The molecule has 0 saturated heterocycles. The van der Waals surface area contributed by atoms with E-state index in [-0.39, 0.29) is 11.6 Å². The minimum Gasteiger partial charge on any atom is -0.478 e. The number of carboxylic acids is 1. The zero-order valence-corrected chi connectivity index (χ0v) is 10.3. The number of hydrogen-bond acceptors (Lipinski definition) is 4. The Morgan fingerprint density at radius 2 is 2.11 bits per heavy atom. The van der Waals surface area contributed by atoms with Crippen LogP contribution in [0.5, 0.6) is 0 Å². The number of carbonyl (C=O) groups excluding carboxylic acids is 1. The number of nitrogens with zero attached hydrogens (tertiary/aromatic N) is 2. The number of pyridine rings is 1. The summed E-state index contributed by atoms with van der Waals surface area (Å²) in [6, 6.07) is 0.960. The summed E-state index contributed by atoms with van der Waals surface area (Å²) in [5.74, 6) is -1.08. The Hall–Kier alpha value is -2.15. The molecule has 0 unspecified atom stereocenters. The molecule has 1 rings (SSSR count). The predicted molar refractivity (Wildman–Crippen MR) is 66.8 cm³/mol. The summed E-state index contributed by atoms with van der Waals surface area (Å²) < 4.78 is 0. The van der Waals surface area contributed by atoms with Crippen LogP contribution in [-0.4, -0.2) is 54.2 Å². The van der Waals surface area contributed by atoms with Crippen molar-refractivity contribution >= 4 is 17.7 Å². The molecule has 0 atom stereocenters. The molecule has 0 aliphatic carbocycles. The fourth-order valence-corrected chi connectivity index (χ4v) is 1.19. The fraction of sp³-hybridized carbons (Fsp3) is 0.364. The van der Waals surface area contributed by atoms with Gasteiger partial charge in [-0.25, -0.2) is 9.59 Å². The maximum atomic E-state index is 11.5. The summed E-state index contributed by atoms with van der Waals surface area (Å²) in [7, 11) is 3.81. The number of rotatable bonds is 5. The van der Waals surface area contributed by atoms with Gasteiger partial charge in [-0.15, -0.1) is 0 Å². The van der Waals surface area contributed by atoms with Crippen LogP contribution in [0.1, 0.15) is 10.4 Å². The third-order valence-corrected chi connectivity index (χ3v) is 2.09. The van der Waals surface area contributed by atoms with Gasteiger partial charge in [-0.3, -0.25) is 4.98 Å². The molecule has 0 bridgehead atoms. The number of nitrogens with one attached hydrogen (secondary N) is 2. The average Bonchev–Trinajstić information content (AvgIpc) is 2.28. The van der Waals surface area contributed by atoms with E-state index in [1.54, 1.807) is 0 Å². The summed E-state index contributed by atoms with van der Waals surface area (Å²) in [6.45, 7) is 1.23. The van der Waals surface area contributed by atoms with Gasteiger partial charge in [0.2, 0.25) is 0 Å². The van der Waals surface area contributed by atoms with Gasteiger partial charge in [0, 0.05) is 19.3 Å². The van der Waals surface area contributed by atoms with Gasteiger partial charge in [-0.05, 0) is 20.2 Å². The average molecular weight is 252 g/mol. The highest BCUT2D eigenvalue weighted by Crippen LogP contribution is 2.07. The summed E-state index contributed by atoms with van der Waals surface area (Å²) in [5.41, 5.74) is 0.373. The molecule has 2 amide bonds. The maximum Gasteiger partial charge on any atom is 0.337 e. The molecule has 0 aromatic carbocycles. The number of urea groups is 1. The third kappa shape index (κ3) is 4.79. The van der Waals surface area contributed by atoms with Crippen LogP contribution in [0.25, 0.3) is 0 Å². The summed E-state index contributed by atoms with van der Waals surface area (Å²) in [4.78, 5) is 27.8. The summed E-state index contributed by atoms with van der Waals surface area (Å²) in [6.07, 6.45) is 2.61. The van der Waals surface area contributed by atoms with Crippen molar-refractivity contribution in [1.29, 1.82) is 0 Å². The third-order valence-electron chi connectivity index (χ3n) is 2.09. The van der Waals surface area contributed by atoms with Gasteiger partial charge in [0.15, 0.2) is 0 Å². The number of carboxylic acid groups (broad SMARTS) is 1. The summed E-state index contributed by atoms with van der Waals surface area (Å²) in [5, 5.41) is 13.9. The number of anilines is 1. The highest BCUT2D eigenvalue weighted by molar-refractivity contribution is 5.92. The minimum atomic E-state index is -1.08. The first-order chi connectivity index (χ1) is 8.49. The lowest BCUT2D eigenvalue weighted by atomic mass is 10.3. The zero-order valence-electron chi connectivity index (χ0n) is 10.3. The van der Waals surface area contributed by atoms with Gasteiger partial charge >= 0.3 is 12.0 Å². The predicted octanol–water partition coefficient (Wildman–Crippen LogP) is 0.463. The number of hydrogen-bond donors (Lipinski definition) is 3. The number of aromatic carboxylic acids is 1. The summed E-state index contributed by atoms with van der Waals surface area (Å²) >= 11 is 0. The molecule has 1 aromatic rings. The van der Waals surface area contributed by atoms with Gasteiger partial charge in [0.05, 0.1) is 17.4 Å². The standard InChI is InChI=1S/C11H16N4O3/c1-15(2)4-3-13-11(18)14-9-5-8(10(16)17)6-12-7-9/h5-7H,3-4H2,1-2H3,(H,16,17)(H2,13,14,18). The topological polar surface area (TPSA) is 94.6 Å². The Kier molecular flexibility index (Phi) is 5.06. The van der Waals surface area contributed by atoms with E-state index in [1.807, 2.05) is 19.0 Å². The van der Waals surface area contributed by atoms with Crippen molar-refractivity contribution in [2.45, 2.75) is 0 Å². The van der Waals surface area contributed by atoms with E-state index >= 15 is 0 Å². The first-order valence-electron chi connectivity index (χ1n) is 5.37. The Morgan fingerprint density at radius 3 is 2.72 bits per heavy atom. The molecular formula is C11H16N4O3. The van der Waals surface area contributed by atoms with Gasteiger partial charge < -0.3 is 20.6 Å². The monoisotopic (exact) mass is 252 g/mol. The van der Waals surface area contributed by atoms with Crippen LogP contribution in [0.2, 0.25) is 0 Å². The van der Waals surface area contributed by atoms with E-state index in [2.05, 4.69) is 15.6 Å². The number of carbonyl (C=O) groups is 2. The molecule has 98 valence electrons. The van der Waals surface area contributed by atoms with Crippen LogP contribution in [-0.2, 0) is 0 Å². The smallest absolute Gasteiger partial charge is 0.337 e. The molecular weight excluding hydrogens is 236 g/mol. The van der Waals surface area contributed by atoms with Crippen molar-refractivity contribution < 1.29 is 14.7 Å². The van der Waals surface area contributed by atoms with Crippen molar-refractivity contribution in [1.82, 2.24) is 15.2 Å². The van der Waals surface area contributed by atoms with Crippen molar-refractivity contribution in [3.8, 4) is 0 Å². The number of aromatic nitrogens is 1. The second-order valence-corrected chi connectivity index (χ2v) is 3.95. The first-order valence-corrected chi connectivity index (χ1v) is 5.37. The molecule has 0 spiro atoms. The molecule has 0 radical (unpaired) electrons. The molecule has 0 saturated carbocycles. The second-order valence-electron chi connectivity index (χ2n) is 3.95. The van der Waals surface area contributed by atoms with Gasteiger partial charge in [-0.2, -0.15) is 0 Å². The lowest BCUT2D eigenvalue weighted by Crippen LogP contribution is -2.34. The highest BCUT2D eigenvalue weighted by atomic mass is 16.4. The lowest BCUT2D eigenvalue weighted by Gasteiger charge is -2.11. The lowest BCUT2D eigenvalue weighted by molar-refractivity contribution is 0.0696. The van der Waals surface area contributed by atoms with Crippen LogP contribution in [0, 0.1) is 0 Å². The Bertz CT molecular complexity index is 434. The minimum absolute atomic E-state index is 0.0288. The molecule has 0 fully saturated rings. The number of amides is 2. The van der Waals surface area contributed by atoms with E-state index in [1.165, 1.54) is 18.5 Å². The molecule has 0 aliphatic heterocycles. The van der Waals surface area contributed by atoms with E-state index in [0.717, 1.165) is 6.54 Å². The molecule has 18 heavy (non-hydrogen) atoms. The molecule has 7 nitrogen and oxygen atoms in total. The Labute approximate surface area is 105 Å². The van der Waals surface area contributed by atoms with Crippen molar-refractivity contribution in [2.24, 2.45) is 0 Å². The Balaban J connectivity index is 2.49. The van der Waals surface area contributed by atoms with Crippen molar-refractivity contribution in [2.75, 3.05) is 32.5 Å². The molecule has 1 aromatic heterocycles. The van der Waals surface area contributed by atoms with Gasteiger partial charge in [-0.1, -0.05) is 0 Å². The van der Waals surface area contributed by atoms with E-state index < -0.39 is 5.97 Å². The van der Waals surface area contributed by atoms with E-state index in [4.69, 9.17) is 5.11 Å². The van der Waals surface area contributed by atoms with Crippen LogP contribution in [0.4, 0.5) is 10.5 Å². The van der Waals surface area contributed by atoms with E-state index in [9.17, 15) is 9.59 Å². The quantitative estimate of drug-likeness (QED) is 0.707. The zero-order chi connectivity index (χ0) is 13.5. The highest BCUT2D eigenvalue weighted by Gasteiger charge is 2.06. The Morgan fingerprint density at radius 1 is 1.39 bits per heavy atom. The SMILES string of the molecule is CN(C)CCNC(=O)Nc1cncc(C(=O)O)c1. The van der Waals surface area contributed by atoms with Crippen LogP contribution < -0.4 is 10.6 Å². The molecule has 7 heteroatoms. The van der Waals surface area contributed by atoms with Crippen molar-refractivity contribution in [3.63, 3.8) is 0 Å². The largest absolute Gasteiger partial charge is 0.478 e. The molecule has 1 heterocycles. The van der Waals surface area contributed by atoms with Gasteiger partial charge in [0.1, 0.15) is 0 Å². The second kappa shape index (κ2) is 6.55. The maximum absolute atomic E-state index is 11.5. The first kappa shape index (κ1) is 13.9. The number of likely N-dealkylation sites (N-methyl/N-ethyl adjacent to an activating group) is 1. The fourth-order valence-electron chi connectivity index (χ4n) is 1.19. The van der Waals surface area contributed by atoms with Crippen LogP contribution >= 0.6 is 0 Å².